The van der Waals surface area contributed by atoms with E-state index in [1.807, 2.05) is 21.1 Å². The first-order chi connectivity index (χ1) is 6.12. The number of hydrogen-bond acceptors (Lipinski definition) is 5. The van der Waals surface area contributed by atoms with E-state index in [9.17, 15) is 4.57 Å². The van der Waals surface area contributed by atoms with E-state index < -0.39 is 14.1 Å². The van der Waals surface area contributed by atoms with Gasteiger partial charge in [0, 0.05) is 0 Å². The van der Waals surface area contributed by atoms with Gasteiger partial charge in [-0.2, -0.15) is 0 Å². The first-order valence-corrected chi connectivity index (χ1v) is 5.76. The smallest absolute Gasteiger partial charge is 0.474 e. The highest BCUT2D eigenvalue weighted by molar-refractivity contribution is 7.47. The highest BCUT2D eigenvalue weighted by Gasteiger charge is 2.24. The molecule has 0 saturated carbocycles. The minimum Gasteiger partial charge on any atom is -0.870 e. The van der Waals surface area contributed by atoms with Gasteiger partial charge >= 0.3 is 7.82 Å². The Morgan fingerprint density at radius 3 is 2.20 bits per heavy atom. The molecule has 0 aromatic carbocycles. The summed E-state index contributed by atoms with van der Waals surface area (Å²) in [5.41, 5.74) is 0. The van der Waals surface area contributed by atoms with Crippen molar-refractivity contribution in [1.82, 2.24) is 0 Å². The van der Waals surface area contributed by atoms with Crippen molar-refractivity contribution in [2.24, 2.45) is 0 Å². The molecule has 2 unspecified atom stereocenters. The summed E-state index contributed by atoms with van der Waals surface area (Å²) >= 11 is 0. The van der Waals surface area contributed by atoms with Crippen LogP contribution in [-0.2, 0) is 13.6 Å². The van der Waals surface area contributed by atoms with Crippen LogP contribution in [0, 0.1) is 0 Å². The maximum absolute atomic E-state index is 11.1. The molecule has 7 nitrogen and oxygen atoms in total. The lowest BCUT2D eigenvalue weighted by molar-refractivity contribution is -0.870. The molecule has 15 heavy (non-hydrogen) atoms. The predicted octanol–water partition coefficient (Wildman–Crippen LogP) is -0.0123. The Balaban J connectivity index is 0. The molecule has 0 bridgehead atoms. The Labute approximate surface area is 89.7 Å². The number of phosphoric ester groups is 1. The van der Waals surface area contributed by atoms with Crippen molar-refractivity contribution in [3.05, 3.63) is 0 Å². The van der Waals surface area contributed by atoms with Crippen LogP contribution in [0.3, 0.4) is 0 Å². The van der Waals surface area contributed by atoms with E-state index in [4.69, 9.17) is 10.00 Å². The third-order valence-corrected chi connectivity index (χ3v) is 2.38. The molecule has 0 heterocycles. The zero-order valence-electron chi connectivity index (χ0n) is 9.45. The van der Waals surface area contributed by atoms with Gasteiger partial charge in [-0.1, -0.05) is 0 Å². The fourth-order valence-electron chi connectivity index (χ4n) is 0.653. The minimum absolute atomic E-state index is 0. The van der Waals surface area contributed by atoms with Crippen LogP contribution in [0.2, 0.25) is 0 Å². The average Bonchev–Trinajstić information content (AvgIpc) is 1.78. The van der Waals surface area contributed by atoms with Crippen molar-refractivity contribution in [3.63, 3.8) is 0 Å². The van der Waals surface area contributed by atoms with Crippen LogP contribution >= 0.6 is 7.82 Å². The van der Waals surface area contributed by atoms with E-state index in [0.29, 0.717) is 11.0 Å². The molecule has 0 aliphatic heterocycles. The largest absolute Gasteiger partial charge is 0.870 e. The second kappa shape index (κ2) is 6.55. The van der Waals surface area contributed by atoms with Crippen molar-refractivity contribution in [3.8, 4) is 0 Å². The summed E-state index contributed by atoms with van der Waals surface area (Å²) in [7, 11) is 1.70. The van der Waals surface area contributed by atoms with E-state index >= 15 is 0 Å². The normalized spacial score (nSPS) is 17.7. The van der Waals surface area contributed by atoms with Gasteiger partial charge in [0.2, 0.25) is 0 Å². The lowest BCUT2D eigenvalue weighted by atomic mass is 10.5. The molecule has 2 atom stereocenters. The van der Waals surface area contributed by atoms with Crippen LogP contribution < -0.4 is 0 Å². The quantitative estimate of drug-likeness (QED) is 0.387. The lowest BCUT2D eigenvalue weighted by Gasteiger charge is -2.24. The lowest BCUT2D eigenvalue weighted by Crippen LogP contribution is -2.37. The Kier molecular flexibility index (Phi) is 7.59. The first-order valence-electron chi connectivity index (χ1n) is 4.27. The molecule has 0 saturated heterocycles. The van der Waals surface area contributed by atoms with Gasteiger partial charge in [0.25, 0.3) is 0 Å². The summed E-state index contributed by atoms with van der Waals surface area (Å²) in [6, 6.07) is 0. The van der Waals surface area contributed by atoms with Gasteiger partial charge < -0.3 is 20.0 Å². The van der Waals surface area contributed by atoms with E-state index in [-0.39, 0.29) is 12.1 Å². The highest BCUT2D eigenvalue weighted by atomic mass is 31.2. The van der Waals surface area contributed by atoms with Crippen LogP contribution in [0.1, 0.15) is 6.92 Å². The Morgan fingerprint density at radius 1 is 1.40 bits per heavy atom. The van der Waals surface area contributed by atoms with Crippen LogP contribution in [-0.4, -0.2) is 60.5 Å². The second-order valence-electron chi connectivity index (χ2n) is 4.02. The zero-order valence-corrected chi connectivity index (χ0v) is 10.3. The van der Waals surface area contributed by atoms with Gasteiger partial charge in [0.15, 0.2) is 6.29 Å². The molecule has 3 N–H and O–H groups in total. The van der Waals surface area contributed by atoms with Crippen molar-refractivity contribution in [2.75, 3.05) is 34.3 Å². The number of quaternary nitrogens is 1. The Bertz CT molecular complexity index is 214. The molecule has 0 aliphatic rings. The third-order valence-electron chi connectivity index (χ3n) is 1.30. The number of aliphatic hydroxyl groups excluding tert-OH is 1. The van der Waals surface area contributed by atoms with Gasteiger partial charge in [-0.05, 0) is 6.92 Å². The van der Waals surface area contributed by atoms with Crippen molar-refractivity contribution >= 4 is 7.82 Å². The van der Waals surface area contributed by atoms with Gasteiger partial charge in [-0.3, -0.25) is 9.05 Å². The average molecular weight is 245 g/mol. The van der Waals surface area contributed by atoms with E-state index in [1.165, 1.54) is 6.92 Å². The standard InChI is InChI=1S/C7H18NO5P.H2O/c1-7(9)13-14(10,11)12-6-5-8(2,3)4;/h7,9H,5-6H2,1-4H3;1H2. The van der Waals surface area contributed by atoms with Gasteiger partial charge in [-0.15, -0.1) is 0 Å². The third kappa shape index (κ3) is 11.9. The van der Waals surface area contributed by atoms with Gasteiger partial charge in [0.1, 0.15) is 13.2 Å². The number of nitrogens with zero attached hydrogens (tertiary/aromatic N) is 1. The van der Waals surface area contributed by atoms with E-state index in [2.05, 4.69) is 9.05 Å². The SMILES string of the molecule is CC(O)OP(=O)(O)OCC[N+](C)(C)C.[OH-]. The molecule has 0 spiro atoms. The fourth-order valence-corrected chi connectivity index (χ4v) is 1.41. The number of likely N-dealkylation sites (N-methyl/N-ethyl adjacent to an activating group) is 1. The topological polar surface area (TPSA) is 106 Å². The number of aliphatic hydroxyl groups is 1. The van der Waals surface area contributed by atoms with Crippen molar-refractivity contribution < 1.29 is 33.6 Å². The summed E-state index contributed by atoms with van der Waals surface area (Å²) < 4.78 is 20.6. The maximum atomic E-state index is 11.1. The minimum atomic E-state index is -4.09. The fraction of sp³-hybridized carbons (Fsp3) is 1.00. The monoisotopic (exact) mass is 245 g/mol. The summed E-state index contributed by atoms with van der Waals surface area (Å²) in [6.07, 6.45) is -1.31. The van der Waals surface area contributed by atoms with Crippen molar-refractivity contribution in [2.45, 2.75) is 13.2 Å². The highest BCUT2D eigenvalue weighted by Crippen LogP contribution is 2.43. The molecular weight excluding hydrogens is 225 g/mol. The molecule has 0 rings (SSSR count). The van der Waals surface area contributed by atoms with E-state index in [0.717, 1.165) is 0 Å². The molecule has 94 valence electrons. The van der Waals surface area contributed by atoms with Crippen LogP contribution in [0.15, 0.2) is 0 Å². The number of hydrogen-bond donors (Lipinski definition) is 2. The molecule has 0 aromatic rings. The second-order valence-corrected chi connectivity index (χ2v) is 5.43. The van der Waals surface area contributed by atoms with Crippen LogP contribution in [0.5, 0.6) is 0 Å². The summed E-state index contributed by atoms with van der Waals surface area (Å²) in [4.78, 5) is 9.03. The first kappa shape index (κ1) is 17.4. The molecule has 0 aliphatic carbocycles. The molecule has 0 radical (unpaired) electrons. The predicted molar refractivity (Wildman–Crippen MR) is 53.4 cm³/mol. The number of rotatable bonds is 6. The summed E-state index contributed by atoms with van der Waals surface area (Å²) in [5.74, 6) is 0. The molecule has 0 amide bonds. The Hall–Kier alpha value is -0.0100. The number of phosphoric acid groups is 1. The zero-order chi connectivity index (χ0) is 11.4. The molecule has 8 heteroatoms. The molecular formula is C7H20NO6P. The molecule has 0 aromatic heterocycles. The van der Waals surface area contributed by atoms with Crippen molar-refractivity contribution in [1.29, 1.82) is 0 Å². The molecule has 0 fully saturated rings. The maximum Gasteiger partial charge on any atom is 0.474 e. The summed E-state index contributed by atoms with van der Waals surface area (Å²) in [5, 5.41) is 8.71. The Morgan fingerprint density at radius 2 is 1.87 bits per heavy atom. The summed E-state index contributed by atoms with van der Waals surface area (Å²) in [6.45, 7) is 1.92. The van der Waals surface area contributed by atoms with Crippen LogP contribution in [0.25, 0.3) is 0 Å². The van der Waals surface area contributed by atoms with Gasteiger partial charge in [-0.25, -0.2) is 4.57 Å². The van der Waals surface area contributed by atoms with Crippen LogP contribution in [0.4, 0.5) is 0 Å². The van der Waals surface area contributed by atoms with E-state index in [1.54, 1.807) is 0 Å². The van der Waals surface area contributed by atoms with Gasteiger partial charge in [0.05, 0.1) is 21.1 Å².